The van der Waals surface area contributed by atoms with Crippen molar-refractivity contribution in [3.05, 3.63) is 70.3 Å². The number of amides is 1. The molecule has 0 atom stereocenters. The van der Waals surface area contributed by atoms with Gasteiger partial charge in [0.2, 0.25) is 0 Å². The molecule has 0 spiro atoms. The number of hydrogen-bond acceptors (Lipinski definition) is 5. The van der Waals surface area contributed by atoms with Crippen LogP contribution >= 0.6 is 0 Å². The monoisotopic (exact) mass is 324 g/mol. The number of phenols is 2. The van der Waals surface area contributed by atoms with Crippen molar-refractivity contribution in [2.75, 3.05) is 5.32 Å². The van der Waals surface area contributed by atoms with Crippen LogP contribution in [-0.2, 0) is 0 Å². The number of nitro groups is 1. The molecule has 7 heteroatoms. The Morgan fingerprint density at radius 1 is 1.00 bits per heavy atom. The van der Waals surface area contributed by atoms with Crippen LogP contribution in [0.3, 0.4) is 0 Å². The number of rotatable bonds is 3. The molecule has 0 aromatic heterocycles. The molecule has 3 rings (SSSR count). The standard InChI is InChI=1S/C17H12N2O5/c20-15-6-1-3-10-7-14(16(21)9-13(10)15)17(22)18-11-4-2-5-12(8-11)19(23)24/h1-9,20-21H,(H,18,22). The number of non-ortho nitro benzene ring substituents is 1. The summed E-state index contributed by atoms with van der Waals surface area (Å²) in [5.74, 6) is -0.918. The van der Waals surface area contributed by atoms with Crippen molar-refractivity contribution in [2.45, 2.75) is 0 Å². The van der Waals surface area contributed by atoms with Crippen molar-refractivity contribution >= 4 is 28.1 Å². The molecule has 0 saturated heterocycles. The summed E-state index contributed by atoms with van der Waals surface area (Å²) in [5, 5.41) is 34.1. The minimum absolute atomic E-state index is 0.000365. The van der Waals surface area contributed by atoms with Gasteiger partial charge in [-0.25, -0.2) is 0 Å². The first-order valence-electron chi connectivity index (χ1n) is 6.96. The molecule has 0 unspecified atom stereocenters. The van der Waals surface area contributed by atoms with Gasteiger partial charge in [-0.1, -0.05) is 18.2 Å². The molecule has 3 aromatic carbocycles. The summed E-state index contributed by atoms with van der Waals surface area (Å²) >= 11 is 0. The number of benzene rings is 3. The van der Waals surface area contributed by atoms with E-state index in [0.29, 0.717) is 10.8 Å². The molecule has 0 aliphatic carbocycles. The number of phenolic OH excluding ortho intramolecular Hbond substituents is 2. The van der Waals surface area contributed by atoms with E-state index in [1.807, 2.05) is 0 Å². The van der Waals surface area contributed by atoms with Crippen LogP contribution in [0.1, 0.15) is 10.4 Å². The molecule has 1 amide bonds. The van der Waals surface area contributed by atoms with E-state index in [1.54, 1.807) is 12.1 Å². The zero-order valence-corrected chi connectivity index (χ0v) is 12.3. The molecule has 7 nitrogen and oxygen atoms in total. The Morgan fingerprint density at radius 2 is 1.75 bits per heavy atom. The lowest BCUT2D eigenvalue weighted by molar-refractivity contribution is -0.384. The molecule has 24 heavy (non-hydrogen) atoms. The molecular formula is C17H12N2O5. The van der Waals surface area contributed by atoms with Crippen LogP contribution in [0.25, 0.3) is 10.8 Å². The summed E-state index contributed by atoms with van der Waals surface area (Å²) < 4.78 is 0. The second-order valence-electron chi connectivity index (χ2n) is 5.13. The normalized spacial score (nSPS) is 10.5. The first-order valence-corrected chi connectivity index (χ1v) is 6.96. The Morgan fingerprint density at radius 3 is 2.50 bits per heavy atom. The minimum atomic E-state index is -0.613. The quantitative estimate of drug-likeness (QED) is 0.505. The lowest BCUT2D eigenvalue weighted by Crippen LogP contribution is -2.12. The van der Waals surface area contributed by atoms with Crippen LogP contribution in [0.2, 0.25) is 0 Å². The van der Waals surface area contributed by atoms with Crippen LogP contribution < -0.4 is 5.32 Å². The maximum atomic E-state index is 12.3. The zero-order chi connectivity index (χ0) is 17.3. The number of carbonyl (C=O) groups excluding carboxylic acids is 1. The zero-order valence-electron chi connectivity index (χ0n) is 12.3. The van der Waals surface area contributed by atoms with E-state index >= 15 is 0 Å². The van der Waals surface area contributed by atoms with Crippen LogP contribution in [0.4, 0.5) is 11.4 Å². The molecule has 0 bridgehead atoms. The van der Waals surface area contributed by atoms with Crippen LogP contribution in [0.5, 0.6) is 11.5 Å². The van der Waals surface area contributed by atoms with Crippen LogP contribution in [0, 0.1) is 10.1 Å². The summed E-state index contributed by atoms with van der Waals surface area (Å²) in [6, 6.07) is 13.0. The van der Waals surface area contributed by atoms with E-state index in [4.69, 9.17) is 0 Å². The highest BCUT2D eigenvalue weighted by molar-refractivity contribution is 6.09. The molecular weight excluding hydrogens is 312 g/mol. The number of nitrogens with zero attached hydrogens (tertiary/aromatic N) is 1. The fourth-order valence-electron chi connectivity index (χ4n) is 2.37. The average Bonchev–Trinajstić information content (AvgIpc) is 2.55. The van der Waals surface area contributed by atoms with Gasteiger partial charge in [0, 0.05) is 23.2 Å². The van der Waals surface area contributed by atoms with Gasteiger partial charge in [0.05, 0.1) is 10.5 Å². The first-order chi connectivity index (χ1) is 11.5. The summed E-state index contributed by atoms with van der Waals surface area (Å²) in [7, 11) is 0. The summed E-state index contributed by atoms with van der Waals surface area (Å²) in [6.45, 7) is 0. The molecule has 0 aliphatic heterocycles. The van der Waals surface area contributed by atoms with Crippen LogP contribution in [-0.4, -0.2) is 21.0 Å². The number of fused-ring (bicyclic) bond motifs is 1. The smallest absolute Gasteiger partial charge is 0.271 e. The second kappa shape index (κ2) is 5.88. The highest BCUT2D eigenvalue weighted by Gasteiger charge is 2.15. The number of hydrogen-bond donors (Lipinski definition) is 3. The highest BCUT2D eigenvalue weighted by Crippen LogP contribution is 2.31. The molecule has 3 aromatic rings. The fraction of sp³-hybridized carbons (Fsp3) is 0. The minimum Gasteiger partial charge on any atom is -0.507 e. The van der Waals surface area contributed by atoms with Gasteiger partial charge in [-0.3, -0.25) is 14.9 Å². The van der Waals surface area contributed by atoms with E-state index < -0.39 is 10.8 Å². The van der Waals surface area contributed by atoms with Crippen molar-refractivity contribution in [2.24, 2.45) is 0 Å². The number of anilines is 1. The van der Waals surface area contributed by atoms with Crippen molar-refractivity contribution < 1.29 is 19.9 Å². The summed E-state index contributed by atoms with van der Waals surface area (Å²) in [6.07, 6.45) is 0. The third kappa shape index (κ3) is 2.82. The Kier molecular flexibility index (Phi) is 3.75. The Labute approximate surface area is 135 Å². The van der Waals surface area contributed by atoms with Crippen molar-refractivity contribution in [1.82, 2.24) is 0 Å². The maximum Gasteiger partial charge on any atom is 0.271 e. The fourth-order valence-corrected chi connectivity index (χ4v) is 2.37. The number of carbonyl (C=O) groups is 1. The van der Waals surface area contributed by atoms with E-state index in [1.165, 1.54) is 42.5 Å². The molecule has 0 aliphatic rings. The third-order valence-electron chi connectivity index (χ3n) is 3.53. The van der Waals surface area contributed by atoms with E-state index in [9.17, 15) is 25.1 Å². The van der Waals surface area contributed by atoms with Gasteiger partial charge in [-0.05, 0) is 29.7 Å². The number of aromatic hydroxyl groups is 2. The van der Waals surface area contributed by atoms with E-state index in [0.717, 1.165) is 0 Å². The van der Waals surface area contributed by atoms with Crippen molar-refractivity contribution in [3.63, 3.8) is 0 Å². The predicted octanol–water partition coefficient (Wildman–Crippen LogP) is 3.41. The molecule has 120 valence electrons. The van der Waals surface area contributed by atoms with Gasteiger partial charge < -0.3 is 15.5 Å². The van der Waals surface area contributed by atoms with Crippen LogP contribution in [0.15, 0.2) is 54.6 Å². The van der Waals surface area contributed by atoms with E-state index in [-0.39, 0.29) is 28.4 Å². The average molecular weight is 324 g/mol. The Hall–Kier alpha value is -3.61. The first kappa shape index (κ1) is 15.3. The molecule has 0 saturated carbocycles. The van der Waals surface area contributed by atoms with Gasteiger partial charge in [-0.15, -0.1) is 0 Å². The predicted molar refractivity (Wildman–Crippen MR) is 88.3 cm³/mol. The van der Waals surface area contributed by atoms with Crippen molar-refractivity contribution in [3.8, 4) is 11.5 Å². The third-order valence-corrected chi connectivity index (χ3v) is 3.53. The van der Waals surface area contributed by atoms with Crippen molar-refractivity contribution in [1.29, 1.82) is 0 Å². The Balaban J connectivity index is 1.95. The van der Waals surface area contributed by atoms with Gasteiger partial charge in [0.25, 0.3) is 11.6 Å². The number of nitrogens with one attached hydrogen (secondary N) is 1. The van der Waals surface area contributed by atoms with Gasteiger partial charge in [0.15, 0.2) is 0 Å². The van der Waals surface area contributed by atoms with Gasteiger partial charge in [0.1, 0.15) is 11.5 Å². The Bertz CT molecular complexity index is 968. The second-order valence-corrected chi connectivity index (χ2v) is 5.13. The molecule has 0 fully saturated rings. The SMILES string of the molecule is O=C(Nc1cccc([N+](=O)[O-])c1)c1cc2cccc(O)c2cc1O. The highest BCUT2D eigenvalue weighted by atomic mass is 16.6. The lowest BCUT2D eigenvalue weighted by atomic mass is 10.0. The number of nitro benzene ring substituents is 1. The van der Waals surface area contributed by atoms with Gasteiger partial charge in [-0.2, -0.15) is 0 Å². The van der Waals surface area contributed by atoms with E-state index in [2.05, 4.69) is 5.32 Å². The maximum absolute atomic E-state index is 12.3. The lowest BCUT2D eigenvalue weighted by Gasteiger charge is -2.09. The molecule has 3 N–H and O–H groups in total. The molecule has 0 heterocycles. The largest absolute Gasteiger partial charge is 0.507 e. The molecule has 0 radical (unpaired) electrons. The summed E-state index contributed by atoms with van der Waals surface area (Å²) in [4.78, 5) is 22.5. The topological polar surface area (TPSA) is 113 Å². The van der Waals surface area contributed by atoms with Gasteiger partial charge >= 0.3 is 0 Å². The summed E-state index contributed by atoms with van der Waals surface area (Å²) in [5.41, 5.74) is 0.0877.